The van der Waals surface area contributed by atoms with Crippen LogP contribution < -0.4 is 10.6 Å². The third kappa shape index (κ3) is 3.45. The molecule has 1 aliphatic carbocycles. The van der Waals surface area contributed by atoms with Crippen LogP contribution in [-0.2, 0) is 9.53 Å². The Morgan fingerprint density at radius 3 is 2.93 bits per heavy atom. The molecule has 3 aliphatic rings. The van der Waals surface area contributed by atoms with E-state index in [1.807, 2.05) is 12.3 Å². The Morgan fingerprint density at radius 2 is 2.19 bits per heavy atom. The summed E-state index contributed by atoms with van der Waals surface area (Å²) in [5, 5.41) is 8.66. The van der Waals surface area contributed by atoms with Crippen molar-refractivity contribution in [1.82, 2.24) is 15.2 Å². The van der Waals surface area contributed by atoms with Gasteiger partial charge in [0.05, 0.1) is 17.7 Å². The van der Waals surface area contributed by atoms with Crippen molar-refractivity contribution in [2.45, 2.75) is 52.2 Å². The zero-order valence-corrected chi connectivity index (χ0v) is 17.0. The number of thiazole rings is 1. The normalized spacial score (nSPS) is 31.7. The molecule has 1 aromatic rings. The van der Waals surface area contributed by atoms with Gasteiger partial charge in [0.25, 0.3) is 0 Å². The molecular formula is C19H28N4O3S. The van der Waals surface area contributed by atoms with E-state index in [0.29, 0.717) is 24.1 Å². The number of hydrogen-bond donors (Lipinski definition) is 2. The average molecular weight is 393 g/mol. The Labute approximate surface area is 163 Å². The molecule has 3 heterocycles. The number of hydrogen-bond acceptors (Lipinski definition) is 5. The van der Waals surface area contributed by atoms with Crippen molar-refractivity contribution in [2.75, 3.05) is 25.0 Å². The Kier molecular flexibility index (Phi) is 4.88. The van der Waals surface area contributed by atoms with E-state index in [0.717, 1.165) is 31.6 Å². The summed E-state index contributed by atoms with van der Waals surface area (Å²) in [6, 6.07) is 0.0889. The Morgan fingerprint density at radius 1 is 1.37 bits per heavy atom. The van der Waals surface area contributed by atoms with Gasteiger partial charge in [0.1, 0.15) is 0 Å². The number of aryl methyl sites for hydroxylation is 1. The minimum atomic E-state index is -0.189. The molecule has 0 unspecified atom stereocenters. The number of aromatic nitrogens is 1. The molecule has 2 aliphatic heterocycles. The molecule has 1 saturated carbocycles. The Hall–Kier alpha value is -1.67. The van der Waals surface area contributed by atoms with E-state index in [1.165, 1.54) is 11.3 Å². The lowest BCUT2D eigenvalue weighted by atomic mass is 9.57. The van der Waals surface area contributed by atoms with Crippen molar-refractivity contribution in [3.8, 4) is 0 Å². The lowest BCUT2D eigenvalue weighted by Crippen LogP contribution is -2.68. The van der Waals surface area contributed by atoms with Gasteiger partial charge in [0.15, 0.2) is 5.13 Å². The fourth-order valence-corrected chi connectivity index (χ4v) is 5.53. The standard InChI is InChI=1S/C19H28N4O3S/c1-11-10-27-17(20-11)22-16(24)12-5-4-7-23(9-12)18(25)21-14-13-6-8-26-15(13)19(14,2)3/h10,12-15H,4-9H2,1-3H3,(H,21,25)(H,20,22,24)/t12-,13+,14-,15+/m1/s1. The smallest absolute Gasteiger partial charge is 0.317 e. The van der Waals surface area contributed by atoms with Crippen LogP contribution in [0.15, 0.2) is 5.38 Å². The van der Waals surface area contributed by atoms with E-state index >= 15 is 0 Å². The van der Waals surface area contributed by atoms with Crippen molar-refractivity contribution in [3.63, 3.8) is 0 Å². The molecule has 0 aromatic carbocycles. The maximum Gasteiger partial charge on any atom is 0.317 e. The first kappa shape index (κ1) is 18.7. The first-order chi connectivity index (χ1) is 12.9. The number of urea groups is 1. The molecule has 4 rings (SSSR count). The minimum Gasteiger partial charge on any atom is -0.377 e. The summed E-state index contributed by atoms with van der Waals surface area (Å²) in [6.07, 6.45) is 2.90. The summed E-state index contributed by atoms with van der Waals surface area (Å²) in [5.41, 5.74) is 0.865. The zero-order chi connectivity index (χ0) is 19.2. The molecule has 27 heavy (non-hydrogen) atoms. The van der Waals surface area contributed by atoms with Crippen LogP contribution in [-0.4, -0.2) is 53.7 Å². The van der Waals surface area contributed by atoms with Crippen LogP contribution in [0.25, 0.3) is 0 Å². The molecule has 8 heteroatoms. The number of carbonyl (C=O) groups excluding carboxylic acids is 2. The van der Waals surface area contributed by atoms with E-state index in [9.17, 15) is 9.59 Å². The van der Waals surface area contributed by atoms with Crippen molar-refractivity contribution < 1.29 is 14.3 Å². The van der Waals surface area contributed by atoms with Crippen LogP contribution in [0.5, 0.6) is 0 Å². The second kappa shape index (κ2) is 7.05. The van der Waals surface area contributed by atoms with Crippen LogP contribution in [0, 0.1) is 24.2 Å². The maximum absolute atomic E-state index is 12.8. The van der Waals surface area contributed by atoms with E-state index in [1.54, 1.807) is 4.90 Å². The number of nitrogens with zero attached hydrogens (tertiary/aromatic N) is 2. The molecule has 1 aromatic heterocycles. The largest absolute Gasteiger partial charge is 0.377 e. The number of amides is 3. The van der Waals surface area contributed by atoms with Crippen molar-refractivity contribution in [3.05, 3.63) is 11.1 Å². The molecule has 0 radical (unpaired) electrons. The number of likely N-dealkylation sites (tertiary alicyclic amines) is 1. The highest BCUT2D eigenvalue weighted by molar-refractivity contribution is 7.13. The van der Waals surface area contributed by atoms with E-state index < -0.39 is 0 Å². The second-order valence-corrected chi connectivity index (χ2v) is 9.42. The molecule has 7 nitrogen and oxygen atoms in total. The van der Waals surface area contributed by atoms with Gasteiger partial charge in [0, 0.05) is 42.5 Å². The molecule has 2 N–H and O–H groups in total. The summed E-state index contributed by atoms with van der Waals surface area (Å²) < 4.78 is 5.81. The molecule has 0 spiro atoms. The molecule has 3 amide bonds. The maximum atomic E-state index is 12.8. The summed E-state index contributed by atoms with van der Waals surface area (Å²) in [4.78, 5) is 31.5. The lowest BCUT2D eigenvalue weighted by Gasteiger charge is -2.55. The van der Waals surface area contributed by atoms with Gasteiger partial charge in [0.2, 0.25) is 5.91 Å². The van der Waals surface area contributed by atoms with Gasteiger partial charge in [-0.3, -0.25) is 4.79 Å². The molecule has 2 saturated heterocycles. The van der Waals surface area contributed by atoms with Gasteiger partial charge in [-0.25, -0.2) is 9.78 Å². The highest BCUT2D eigenvalue weighted by Gasteiger charge is 2.60. The molecule has 3 fully saturated rings. The van der Waals surface area contributed by atoms with E-state index in [-0.39, 0.29) is 35.4 Å². The quantitative estimate of drug-likeness (QED) is 0.828. The minimum absolute atomic E-state index is 0.0356. The predicted octanol–water partition coefficient (Wildman–Crippen LogP) is 2.63. The lowest BCUT2D eigenvalue weighted by molar-refractivity contribution is -0.121. The summed E-state index contributed by atoms with van der Waals surface area (Å²) >= 11 is 1.43. The highest BCUT2D eigenvalue weighted by atomic mass is 32.1. The van der Waals surface area contributed by atoms with Crippen LogP contribution in [0.4, 0.5) is 9.93 Å². The third-order valence-corrected chi connectivity index (χ3v) is 7.18. The van der Waals surface area contributed by atoms with Crippen molar-refractivity contribution in [1.29, 1.82) is 0 Å². The number of ether oxygens (including phenoxy) is 1. The number of nitrogens with one attached hydrogen (secondary N) is 2. The van der Waals surface area contributed by atoms with Gasteiger partial charge in [-0.05, 0) is 26.2 Å². The number of piperidine rings is 1. The van der Waals surface area contributed by atoms with Gasteiger partial charge >= 0.3 is 6.03 Å². The second-order valence-electron chi connectivity index (χ2n) is 8.56. The molecule has 148 valence electrons. The summed E-state index contributed by atoms with van der Waals surface area (Å²) in [7, 11) is 0. The fourth-order valence-electron chi connectivity index (χ4n) is 4.84. The SMILES string of the molecule is Cc1csc(NC(=O)[C@@H]2CCCN(C(=O)N[C@@H]3[C@@H]4CCO[C@@H]4C3(C)C)C2)n1. The molecular weight excluding hydrogens is 364 g/mol. The van der Waals surface area contributed by atoms with Gasteiger partial charge in [-0.2, -0.15) is 0 Å². The average Bonchev–Trinajstić information content (AvgIpc) is 3.27. The molecule has 0 bridgehead atoms. The monoisotopic (exact) mass is 392 g/mol. The van der Waals surface area contributed by atoms with E-state index in [4.69, 9.17) is 4.74 Å². The number of rotatable bonds is 3. The third-order valence-electron chi connectivity index (χ3n) is 6.31. The highest BCUT2D eigenvalue weighted by Crippen LogP contribution is 2.52. The summed E-state index contributed by atoms with van der Waals surface area (Å²) in [6.45, 7) is 8.16. The number of fused-ring (bicyclic) bond motifs is 1. The first-order valence-electron chi connectivity index (χ1n) is 9.76. The summed E-state index contributed by atoms with van der Waals surface area (Å²) in [5.74, 6) is 0.182. The first-order valence-corrected chi connectivity index (χ1v) is 10.6. The van der Waals surface area contributed by atoms with Crippen LogP contribution >= 0.6 is 11.3 Å². The van der Waals surface area contributed by atoms with Crippen LogP contribution in [0.2, 0.25) is 0 Å². The van der Waals surface area contributed by atoms with E-state index in [2.05, 4.69) is 29.5 Å². The van der Waals surface area contributed by atoms with Gasteiger partial charge < -0.3 is 20.3 Å². The van der Waals surface area contributed by atoms with Gasteiger partial charge in [-0.15, -0.1) is 11.3 Å². The van der Waals surface area contributed by atoms with Gasteiger partial charge in [-0.1, -0.05) is 13.8 Å². The number of anilines is 1. The predicted molar refractivity (Wildman–Crippen MR) is 104 cm³/mol. The Bertz CT molecular complexity index is 734. The fraction of sp³-hybridized carbons (Fsp3) is 0.737. The zero-order valence-electron chi connectivity index (χ0n) is 16.2. The van der Waals surface area contributed by atoms with Crippen molar-refractivity contribution in [2.24, 2.45) is 17.3 Å². The van der Waals surface area contributed by atoms with Crippen LogP contribution in [0.3, 0.4) is 0 Å². The van der Waals surface area contributed by atoms with Crippen LogP contribution in [0.1, 0.15) is 38.8 Å². The van der Waals surface area contributed by atoms with Crippen molar-refractivity contribution >= 4 is 28.4 Å². The molecule has 4 atom stereocenters. The topological polar surface area (TPSA) is 83.6 Å². The Balaban J connectivity index is 1.33. The number of carbonyl (C=O) groups is 2.